The average molecular weight is 371 g/mol. The molecular formula is C20H25N3O4. The molecule has 0 aliphatic carbocycles. The minimum atomic E-state index is -0.773. The summed E-state index contributed by atoms with van der Waals surface area (Å²) in [6.07, 6.45) is -0.773. The van der Waals surface area contributed by atoms with Crippen molar-refractivity contribution in [3.05, 3.63) is 53.4 Å². The fourth-order valence-electron chi connectivity index (χ4n) is 3.46. The Labute approximate surface area is 158 Å². The number of hydrogen-bond acceptors (Lipinski definition) is 5. The second-order valence-corrected chi connectivity index (χ2v) is 7.11. The number of rotatable bonds is 5. The second kappa shape index (κ2) is 7.92. The molecule has 2 atom stereocenters. The fraction of sp³-hybridized carbons (Fsp3) is 0.450. The topological polar surface area (TPSA) is 75.9 Å². The summed E-state index contributed by atoms with van der Waals surface area (Å²) in [4.78, 5) is 29.0. The molecule has 3 rings (SSSR count). The van der Waals surface area contributed by atoms with E-state index in [9.17, 15) is 9.59 Å². The third kappa shape index (κ3) is 4.03. The van der Waals surface area contributed by atoms with Gasteiger partial charge in [-0.25, -0.2) is 0 Å². The Balaban J connectivity index is 1.88. The highest BCUT2D eigenvalue weighted by Crippen LogP contribution is 2.33. The van der Waals surface area contributed by atoms with Crippen molar-refractivity contribution in [1.82, 2.24) is 15.0 Å². The zero-order valence-electron chi connectivity index (χ0n) is 16.1. The quantitative estimate of drug-likeness (QED) is 0.806. The van der Waals surface area contributed by atoms with Crippen molar-refractivity contribution in [2.24, 2.45) is 0 Å². The standard InChI is InChI=1S/C20H25N3O4/c1-13(2)23-17(24)12-26-19(18(23)15-8-6-5-7-9-15)20(25)22(4)11-16-10-14(3)27-21-16/h5-10,13,18-19H,11-12H2,1-4H3/t18-,19+/m1/s1. The summed E-state index contributed by atoms with van der Waals surface area (Å²) in [5.74, 6) is 0.388. The van der Waals surface area contributed by atoms with Crippen LogP contribution in [0.2, 0.25) is 0 Å². The van der Waals surface area contributed by atoms with Gasteiger partial charge in [0.15, 0.2) is 6.10 Å². The lowest BCUT2D eigenvalue weighted by molar-refractivity contribution is -0.171. The molecule has 0 bridgehead atoms. The highest BCUT2D eigenvalue weighted by Gasteiger charge is 2.43. The van der Waals surface area contributed by atoms with E-state index in [1.165, 1.54) is 0 Å². The lowest BCUT2D eigenvalue weighted by Crippen LogP contribution is -2.56. The van der Waals surface area contributed by atoms with Gasteiger partial charge in [-0.2, -0.15) is 0 Å². The molecule has 0 saturated carbocycles. The van der Waals surface area contributed by atoms with Gasteiger partial charge in [0.25, 0.3) is 5.91 Å². The molecular weight excluding hydrogens is 346 g/mol. The first kappa shape index (κ1) is 19.1. The van der Waals surface area contributed by atoms with Gasteiger partial charge in [0, 0.05) is 19.2 Å². The summed E-state index contributed by atoms with van der Waals surface area (Å²) in [6.45, 7) is 5.91. The van der Waals surface area contributed by atoms with Crippen molar-refractivity contribution in [2.75, 3.05) is 13.7 Å². The van der Waals surface area contributed by atoms with Crippen LogP contribution in [-0.4, -0.2) is 52.6 Å². The highest BCUT2D eigenvalue weighted by molar-refractivity contribution is 5.86. The zero-order chi connectivity index (χ0) is 19.6. The molecule has 7 heteroatoms. The van der Waals surface area contributed by atoms with Gasteiger partial charge in [0.05, 0.1) is 12.6 Å². The molecule has 1 fully saturated rings. The van der Waals surface area contributed by atoms with Gasteiger partial charge < -0.3 is 19.1 Å². The lowest BCUT2D eigenvalue weighted by atomic mass is 9.95. The molecule has 2 amide bonds. The third-order valence-electron chi connectivity index (χ3n) is 4.65. The molecule has 27 heavy (non-hydrogen) atoms. The summed E-state index contributed by atoms with van der Waals surface area (Å²) in [5, 5.41) is 3.94. The van der Waals surface area contributed by atoms with E-state index in [4.69, 9.17) is 9.26 Å². The van der Waals surface area contributed by atoms with Crippen LogP contribution < -0.4 is 0 Å². The molecule has 1 aliphatic rings. The maximum Gasteiger partial charge on any atom is 0.254 e. The van der Waals surface area contributed by atoms with Gasteiger partial charge in [0.1, 0.15) is 18.1 Å². The summed E-state index contributed by atoms with van der Waals surface area (Å²) >= 11 is 0. The Morgan fingerprint density at radius 3 is 2.63 bits per heavy atom. The number of hydrogen-bond donors (Lipinski definition) is 0. The number of likely N-dealkylation sites (N-methyl/N-ethyl adjacent to an activating group) is 1. The Hall–Kier alpha value is -2.67. The van der Waals surface area contributed by atoms with Crippen LogP contribution in [0.5, 0.6) is 0 Å². The van der Waals surface area contributed by atoms with E-state index in [1.54, 1.807) is 29.8 Å². The predicted molar refractivity (Wildman–Crippen MR) is 98.6 cm³/mol. The SMILES string of the molecule is Cc1cc(CN(C)C(=O)[C@H]2OCC(=O)N(C(C)C)[C@@H]2c2ccccc2)no1. The largest absolute Gasteiger partial charge is 0.361 e. The van der Waals surface area contributed by atoms with Crippen LogP contribution in [0.25, 0.3) is 0 Å². The number of carbonyl (C=O) groups is 2. The van der Waals surface area contributed by atoms with E-state index in [0.29, 0.717) is 18.0 Å². The Morgan fingerprint density at radius 1 is 1.33 bits per heavy atom. The maximum absolute atomic E-state index is 13.2. The predicted octanol–water partition coefficient (Wildman–Crippen LogP) is 2.32. The van der Waals surface area contributed by atoms with Crippen molar-refractivity contribution in [3.63, 3.8) is 0 Å². The number of carbonyl (C=O) groups excluding carboxylic acids is 2. The van der Waals surface area contributed by atoms with Crippen LogP contribution in [0.3, 0.4) is 0 Å². The van der Waals surface area contributed by atoms with E-state index in [1.807, 2.05) is 44.2 Å². The first-order valence-corrected chi connectivity index (χ1v) is 9.03. The summed E-state index contributed by atoms with van der Waals surface area (Å²) in [6, 6.07) is 10.8. The van der Waals surface area contributed by atoms with E-state index >= 15 is 0 Å². The summed E-state index contributed by atoms with van der Waals surface area (Å²) in [7, 11) is 1.70. The van der Waals surface area contributed by atoms with Gasteiger partial charge in [0.2, 0.25) is 5.91 Å². The molecule has 2 heterocycles. The molecule has 1 aliphatic heterocycles. The number of aromatic nitrogens is 1. The van der Waals surface area contributed by atoms with Gasteiger partial charge >= 0.3 is 0 Å². The molecule has 0 spiro atoms. The molecule has 0 N–H and O–H groups in total. The minimum Gasteiger partial charge on any atom is -0.361 e. The minimum absolute atomic E-state index is 0.0506. The van der Waals surface area contributed by atoms with Crippen LogP contribution in [0.4, 0.5) is 0 Å². The Kier molecular flexibility index (Phi) is 5.60. The Bertz CT molecular complexity index is 803. The van der Waals surface area contributed by atoms with Gasteiger partial charge in [-0.1, -0.05) is 35.5 Å². The molecule has 1 aromatic heterocycles. The smallest absolute Gasteiger partial charge is 0.254 e. The van der Waals surface area contributed by atoms with E-state index in [2.05, 4.69) is 5.16 Å². The van der Waals surface area contributed by atoms with Crippen LogP contribution in [0.1, 0.15) is 36.9 Å². The monoisotopic (exact) mass is 371 g/mol. The molecule has 7 nitrogen and oxygen atoms in total. The number of benzene rings is 1. The summed E-state index contributed by atoms with van der Waals surface area (Å²) in [5.41, 5.74) is 1.55. The van der Waals surface area contributed by atoms with Crippen LogP contribution in [0, 0.1) is 6.92 Å². The normalized spacial score (nSPS) is 20.2. The number of morpholine rings is 1. The molecule has 2 aromatic rings. The van der Waals surface area contributed by atoms with Crippen molar-refractivity contribution in [2.45, 2.75) is 45.5 Å². The lowest BCUT2D eigenvalue weighted by Gasteiger charge is -2.43. The van der Waals surface area contributed by atoms with Crippen molar-refractivity contribution in [1.29, 1.82) is 0 Å². The zero-order valence-corrected chi connectivity index (χ0v) is 16.1. The molecule has 1 saturated heterocycles. The van der Waals surface area contributed by atoms with Gasteiger partial charge in [-0.15, -0.1) is 0 Å². The number of ether oxygens (including phenoxy) is 1. The van der Waals surface area contributed by atoms with Crippen molar-refractivity contribution in [3.8, 4) is 0 Å². The van der Waals surface area contributed by atoms with Crippen LogP contribution in [0.15, 0.2) is 40.9 Å². The van der Waals surface area contributed by atoms with E-state index in [-0.39, 0.29) is 24.5 Å². The third-order valence-corrected chi connectivity index (χ3v) is 4.65. The average Bonchev–Trinajstić information content (AvgIpc) is 3.05. The molecule has 0 radical (unpaired) electrons. The Morgan fingerprint density at radius 2 is 2.04 bits per heavy atom. The fourth-order valence-corrected chi connectivity index (χ4v) is 3.46. The number of amides is 2. The maximum atomic E-state index is 13.2. The molecule has 0 unspecified atom stereocenters. The van der Waals surface area contributed by atoms with E-state index in [0.717, 1.165) is 5.56 Å². The number of aryl methyl sites for hydroxylation is 1. The highest BCUT2D eigenvalue weighted by atomic mass is 16.5. The van der Waals surface area contributed by atoms with Crippen LogP contribution >= 0.6 is 0 Å². The number of nitrogens with zero attached hydrogens (tertiary/aromatic N) is 3. The van der Waals surface area contributed by atoms with Crippen LogP contribution in [-0.2, 0) is 20.9 Å². The first-order chi connectivity index (χ1) is 12.9. The second-order valence-electron chi connectivity index (χ2n) is 7.11. The first-order valence-electron chi connectivity index (χ1n) is 9.03. The van der Waals surface area contributed by atoms with Crippen molar-refractivity contribution < 1.29 is 18.8 Å². The summed E-state index contributed by atoms with van der Waals surface area (Å²) < 4.78 is 10.8. The van der Waals surface area contributed by atoms with Crippen molar-refractivity contribution >= 4 is 11.8 Å². The molecule has 144 valence electrons. The van der Waals surface area contributed by atoms with Gasteiger partial charge in [-0.05, 0) is 26.3 Å². The van der Waals surface area contributed by atoms with Gasteiger partial charge in [-0.3, -0.25) is 9.59 Å². The molecule has 1 aromatic carbocycles. The van der Waals surface area contributed by atoms with E-state index < -0.39 is 12.1 Å².